The summed E-state index contributed by atoms with van der Waals surface area (Å²) in [5.41, 5.74) is -2.35. The van der Waals surface area contributed by atoms with Crippen molar-refractivity contribution in [1.82, 2.24) is 0 Å². The maximum atomic E-state index is 11.9. The van der Waals surface area contributed by atoms with Gasteiger partial charge in [0.1, 0.15) is 0 Å². The Kier molecular flexibility index (Phi) is 9.63. The van der Waals surface area contributed by atoms with Crippen molar-refractivity contribution in [3.8, 4) is 0 Å². The molecule has 0 aliphatic rings. The first-order valence-corrected chi connectivity index (χ1v) is 7.51. The third-order valence-corrected chi connectivity index (χ3v) is 3.52. The van der Waals surface area contributed by atoms with E-state index in [1.807, 2.05) is 13.8 Å². The zero-order valence-corrected chi connectivity index (χ0v) is 12.6. The molecule has 5 heteroatoms. The summed E-state index contributed by atoms with van der Waals surface area (Å²) in [5.74, 6) is -1.25. The smallest absolute Gasteiger partial charge is 0.178 e. The number of rotatable bonds is 12. The van der Waals surface area contributed by atoms with Gasteiger partial charge in [0.15, 0.2) is 23.3 Å². The number of carbonyl (C=O) groups excluding carboxylic acids is 2. The predicted octanol–water partition coefficient (Wildman–Crippen LogP) is 1.37. The molecule has 0 aliphatic heterocycles. The number of unbranched alkanes of at least 4 members (excludes halogenated alkanes) is 4. The van der Waals surface area contributed by atoms with Crippen LogP contribution < -0.4 is 0 Å². The Morgan fingerprint density at radius 1 is 1.00 bits per heavy atom. The highest BCUT2D eigenvalue weighted by molar-refractivity contribution is 5.96. The average Bonchev–Trinajstić information content (AvgIpc) is 2.45. The number of ketones is 2. The van der Waals surface area contributed by atoms with Crippen molar-refractivity contribution < 1.29 is 24.9 Å². The van der Waals surface area contributed by atoms with Crippen LogP contribution in [0.25, 0.3) is 0 Å². The van der Waals surface area contributed by atoms with Crippen molar-refractivity contribution in [3.05, 3.63) is 0 Å². The maximum absolute atomic E-state index is 11.9. The van der Waals surface area contributed by atoms with Crippen LogP contribution in [0, 0.1) is 0 Å². The molecule has 0 saturated heterocycles. The van der Waals surface area contributed by atoms with Gasteiger partial charge >= 0.3 is 0 Å². The second-order valence-electron chi connectivity index (χ2n) is 5.29. The van der Waals surface area contributed by atoms with Crippen LogP contribution in [0.3, 0.4) is 0 Å². The molecule has 0 aromatic carbocycles. The summed E-state index contributed by atoms with van der Waals surface area (Å²) >= 11 is 0. The first kappa shape index (κ1) is 19.2. The summed E-state index contributed by atoms with van der Waals surface area (Å²) in [6.07, 6.45) is 3.05. The molecule has 0 aliphatic carbocycles. The Labute approximate surface area is 121 Å². The second-order valence-corrected chi connectivity index (χ2v) is 5.29. The van der Waals surface area contributed by atoms with Crippen LogP contribution in [-0.4, -0.2) is 45.2 Å². The minimum atomic E-state index is -2.35. The molecule has 0 rings (SSSR count). The Bertz CT molecular complexity index is 303. The fourth-order valence-electron chi connectivity index (χ4n) is 2.03. The van der Waals surface area contributed by atoms with Gasteiger partial charge in [-0.1, -0.05) is 39.5 Å². The highest BCUT2D eigenvalue weighted by Crippen LogP contribution is 2.19. The van der Waals surface area contributed by atoms with Crippen LogP contribution in [0.2, 0.25) is 0 Å². The van der Waals surface area contributed by atoms with Crippen LogP contribution in [-0.2, 0) is 9.59 Å². The Hall–Kier alpha value is -0.780. The van der Waals surface area contributed by atoms with Gasteiger partial charge in [0.25, 0.3) is 0 Å². The third kappa shape index (κ3) is 5.69. The molecule has 0 radical (unpaired) electrons. The summed E-state index contributed by atoms with van der Waals surface area (Å²) in [6, 6.07) is 0. The molecule has 0 aromatic heterocycles. The first-order chi connectivity index (χ1) is 9.43. The SMILES string of the molecule is CCCCCC(=O)C(O)C(O)(CO)C(=O)CCCCC. The van der Waals surface area contributed by atoms with Gasteiger partial charge in [-0.15, -0.1) is 0 Å². The standard InChI is InChI=1S/C15H28O5/c1-3-5-7-9-12(17)14(19)15(20,11-16)13(18)10-8-6-4-2/h14,16,19-20H,3-11H2,1-2H3. The van der Waals surface area contributed by atoms with Crippen LogP contribution in [0.15, 0.2) is 0 Å². The van der Waals surface area contributed by atoms with E-state index in [4.69, 9.17) is 0 Å². The van der Waals surface area contributed by atoms with E-state index in [0.717, 1.165) is 25.7 Å². The minimum Gasteiger partial charge on any atom is -0.393 e. The molecule has 0 heterocycles. The van der Waals surface area contributed by atoms with Crippen molar-refractivity contribution in [2.75, 3.05) is 6.61 Å². The molecule has 0 saturated carbocycles. The van der Waals surface area contributed by atoms with Crippen LogP contribution in [0.1, 0.15) is 65.2 Å². The molecule has 0 amide bonds. The topological polar surface area (TPSA) is 94.8 Å². The largest absolute Gasteiger partial charge is 0.393 e. The molecule has 5 nitrogen and oxygen atoms in total. The molecule has 0 spiro atoms. The zero-order chi connectivity index (χ0) is 15.6. The second kappa shape index (κ2) is 10.0. The number of aliphatic hydroxyl groups excluding tert-OH is 2. The normalized spacial score (nSPS) is 15.7. The molecule has 0 aromatic rings. The van der Waals surface area contributed by atoms with Gasteiger partial charge in [0.2, 0.25) is 0 Å². The van der Waals surface area contributed by atoms with Crippen molar-refractivity contribution in [2.45, 2.75) is 76.9 Å². The van der Waals surface area contributed by atoms with Crippen molar-refractivity contribution in [3.63, 3.8) is 0 Å². The van der Waals surface area contributed by atoms with E-state index >= 15 is 0 Å². The van der Waals surface area contributed by atoms with Gasteiger partial charge in [0, 0.05) is 12.8 Å². The quantitative estimate of drug-likeness (QED) is 0.471. The minimum absolute atomic E-state index is 0.0597. The molecule has 20 heavy (non-hydrogen) atoms. The molecule has 2 unspecified atom stereocenters. The van der Waals surface area contributed by atoms with E-state index in [2.05, 4.69) is 0 Å². The van der Waals surface area contributed by atoms with Gasteiger partial charge in [-0.3, -0.25) is 9.59 Å². The average molecular weight is 288 g/mol. The molecule has 2 atom stereocenters. The fraction of sp³-hybridized carbons (Fsp3) is 0.867. The number of hydrogen-bond donors (Lipinski definition) is 3. The van der Waals surface area contributed by atoms with Gasteiger partial charge in [0.05, 0.1) is 6.61 Å². The highest BCUT2D eigenvalue weighted by Gasteiger charge is 2.45. The number of hydrogen-bond acceptors (Lipinski definition) is 5. The third-order valence-electron chi connectivity index (χ3n) is 3.52. The van der Waals surface area contributed by atoms with E-state index in [1.165, 1.54) is 0 Å². The molecule has 3 N–H and O–H groups in total. The lowest BCUT2D eigenvalue weighted by atomic mass is 9.86. The highest BCUT2D eigenvalue weighted by atomic mass is 16.4. The van der Waals surface area contributed by atoms with Crippen molar-refractivity contribution >= 4 is 11.6 Å². The van der Waals surface area contributed by atoms with Gasteiger partial charge < -0.3 is 15.3 Å². The molecular weight excluding hydrogens is 260 g/mol. The number of aliphatic hydroxyl groups is 3. The summed E-state index contributed by atoms with van der Waals surface area (Å²) in [7, 11) is 0. The van der Waals surface area contributed by atoms with Crippen LogP contribution in [0.4, 0.5) is 0 Å². The maximum Gasteiger partial charge on any atom is 0.178 e. The molecule has 118 valence electrons. The van der Waals surface area contributed by atoms with Crippen LogP contribution in [0.5, 0.6) is 0 Å². The summed E-state index contributed by atoms with van der Waals surface area (Å²) in [5, 5.41) is 29.2. The monoisotopic (exact) mass is 288 g/mol. The van der Waals surface area contributed by atoms with Crippen molar-refractivity contribution in [1.29, 1.82) is 0 Å². The summed E-state index contributed by atoms with van der Waals surface area (Å²) in [4.78, 5) is 23.7. The lowest BCUT2D eigenvalue weighted by molar-refractivity contribution is -0.165. The number of carbonyl (C=O) groups is 2. The van der Waals surface area contributed by atoms with E-state index in [9.17, 15) is 24.9 Å². The molecular formula is C15H28O5. The zero-order valence-electron chi connectivity index (χ0n) is 12.6. The van der Waals surface area contributed by atoms with Gasteiger partial charge in [-0.2, -0.15) is 0 Å². The lowest BCUT2D eigenvalue weighted by Crippen LogP contribution is -2.55. The first-order valence-electron chi connectivity index (χ1n) is 7.51. The molecule has 0 bridgehead atoms. The van der Waals surface area contributed by atoms with Gasteiger partial charge in [-0.05, 0) is 12.8 Å². The molecule has 0 fully saturated rings. The van der Waals surface area contributed by atoms with E-state index in [-0.39, 0.29) is 12.8 Å². The Morgan fingerprint density at radius 2 is 1.50 bits per heavy atom. The Morgan fingerprint density at radius 3 is 1.95 bits per heavy atom. The van der Waals surface area contributed by atoms with Crippen LogP contribution >= 0.6 is 0 Å². The lowest BCUT2D eigenvalue weighted by Gasteiger charge is -2.28. The van der Waals surface area contributed by atoms with E-state index in [1.54, 1.807) is 0 Å². The fourth-order valence-corrected chi connectivity index (χ4v) is 2.03. The predicted molar refractivity (Wildman–Crippen MR) is 76.3 cm³/mol. The van der Waals surface area contributed by atoms with E-state index in [0.29, 0.717) is 12.8 Å². The Balaban J connectivity index is 4.58. The van der Waals surface area contributed by atoms with Crippen molar-refractivity contribution in [2.24, 2.45) is 0 Å². The summed E-state index contributed by atoms with van der Waals surface area (Å²) < 4.78 is 0. The van der Waals surface area contributed by atoms with Gasteiger partial charge in [-0.25, -0.2) is 0 Å². The summed E-state index contributed by atoms with van der Waals surface area (Å²) in [6.45, 7) is 3.04. The number of Topliss-reactive ketones (excluding diaryl/α,β-unsaturated/α-hetero) is 2. The van der Waals surface area contributed by atoms with E-state index < -0.39 is 29.9 Å².